The third kappa shape index (κ3) is 4.07. The van der Waals surface area contributed by atoms with Gasteiger partial charge in [-0.1, -0.05) is 39.0 Å². The van der Waals surface area contributed by atoms with Gasteiger partial charge in [0.25, 0.3) is 0 Å². The Labute approximate surface area is 62.4 Å². The highest BCUT2D eigenvalue weighted by molar-refractivity contribution is 5.76. The van der Waals surface area contributed by atoms with Crippen LogP contribution in [0.1, 0.15) is 20.3 Å². The van der Waals surface area contributed by atoms with E-state index in [0.29, 0.717) is 11.5 Å². The van der Waals surface area contributed by atoms with Crippen LogP contribution in [0.15, 0.2) is 24.3 Å². The number of aldehydes is 1. The van der Waals surface area contributed by atoms with Gasteiger partial charge in [-0.2, -0.15) is 0 Å². The molecule has 10 heavy (non-hydrogen) atoms. The Morgan fingerprint density at radius 2 is 2.30 bits per heavy atom. The van der Waals surface area contributed by atoms with Crippen LogP contribution in [0.2, 0.25) is 0 Å². The molecule has 1 heteroatoms. The molecule has 0 aliphatic rings. The second kappa shape index (κ2) is 4.98. The first-order valence-corrected chi connectivity index (χ1v) is 3.53. The SMILES string of the molecule is C=C(C=O)C=CC(C)CC. The monoisotopic (exact) mass is 138 g/mol. The molecule has 0 heterocycles. The predicted octanol–water partition coefficient (Wildman–Crippen LogP) is 2.34. The van der Waals surface area contributed by atoms with Crippen molar-refractivity contribution in [1.82, 2.24) is 0 Å². The highest BCUT2D eigenvalue weighted by atomic mass is 16.1. The summed E-state index contributed by atoms with van der Waals surface area (Å²) >= 11 is 0. The van der Waals surface area contributed by atoms with E-state index in [1.165, 1.54) is 0 Å². The van der Waals surface area contributed by atoms with Gasteiger partial charge >= 0.3 is 0 Å². The summed E-state index contributed by atoms with van der Waals surface area (Å²) < 4.78 is 0. The molecule has 0 radical (unpaired) electrons. The number of allylic oxidation sites excluding steroid dienone is 3. The molecule has 0 aliphatic heterocycles. The fourth-order valence-electron chi connectivity index (χ4n) is 0.463. The van der Waals surface area contributed by atoms with E-state index in [4.69, 9.17) is 0 Å². The van der Waals surface area contributed by atoms with Crippen LogP contribution in [-0.4, -0.2) is 6.29 Å². The molecule has 0 fully saturated rings. The van der Waals surface area contributed by atoms with Gasteiger partial charge in [0.1, 0.15) is 6.29 Å². The maximum atomic E-state index is 10.1. The summed E-state index contributed by atoms with van der Waals surface area (Å²) in [5.41, 5.74) is 0.542. The summed E-state index contributed by atoms with van der Waals surface area (Å²) in [6.45, 7) is 7.74. The Bertz CT molecular complexity index is 145. The minimum absolute atomic E-state index is 0.539. The molecule has 0 aromatic rings. The number of hydrogen-bond donors (Lipinski definition) is 0. The smallest absolute Gasteiger partial charge is 0.149 e. The predicted molar refractivity (Wildman–Crippen MR) is 43.8 cm³/mol. The Hall–Kier alpha value is -0.850. The number of rotatable bonds is 4. The van der Waals surface area contributed by atoms with Gasteiger partial charge in [-0.3, -0.25) is 4.79 Å². The van der Waals surface area contributed by atoms with E-state index in [-0.39, 0.29) is 0 Å². The maximum absolute atomic E-state index is 10.1. The molecule has 0 aromatic heterocycles. The Morgan fingerprint density at radius 3 is 2.70 bits per heavy atom. The Balaban J connectivity index is 3.74. The van der Waals surface area contributed by atoms with Gasteiger partial charge in [0.2, 0.25) is 0 Å². The minimum Gasteiger partial charge on any atom is -0.298 e. The van der Waals surface area contributed by atoms with Gasteiger partial charge in [-0.25, -0.2) is 0 Å². The number of hydrogen-bond acceptors (Lipinski definition) is 1. The lowest BCUT2D eigenvalue weighted by Gasteiger charge is -1.97. The molecular formula is C9H14O. The highest BCUT2D eigenvalue weighted by Gasteiger charge is 1.89. The molecule has 0 aromatic carbocycles. The van der Waals surface area contributed by atoms with E-state index in [9.17, 15) is 4.79 Å². The fraction of sp³-hybridized carbons (Fsp3) is 0.444. The topological polar surface area (TPSA) is 17.1 Å². The summed E-state index contributed by atoms with van der Waals surface area (Å²) in [5, 5.41) is 0. The molecule has 0 saturated heterocycles. The minimum atomic E-state index is 0.539. The van der Waals surface area contributed by atoms with Crippen molar-refractivity contribution in [3.63, 3.8) is 0 Å². The summed E-state index contributed by atoms with van der Waals surface area (Å²) in [4.78, 5) is 10.1. The quantitative estimate of drug-likeness (QED) is 0.331. The van der Waals surface area contributed by atoms with Crippen molar-refractivity contribution in [2.45, 2.75) is 20.3 Å². The standard InChI is InChI=1S/C9H14O/c1-4-8(2)5-6-9(3)7-10/h5-8H,3-4H2,1-2H3. The summed E-state index contributed by atoms with van der Waals surface area (Å²) in [6, 6.07) is 0. The van der Waals surface area contributed by atoms with Crippen LogP contribution >= 0.6 is 0 Å². The van der Waals surface area contributed by atoms with E-state index >= 15 is 0 Å². The van der Waals surface area contributed by atoms with Gasteiger partial charge in [0.15, 0.2) is 0 Å². The van der Waals surface area contributed by atoms with E-state index in [1.807, 2.05) is 6.08 Å². The molecule has 0 rings (SSSR count). The molecule has 0 amide bonds. The zero-order valence-electron chi connectivity index (χ0n) is 6.63. The number of carbonyl (C=O) groups excluding carboxylic acids is 1. The van der Waals surface area contributed by atoms with Crippen molar-refractivity contribution < 1.29 is 4.79 Å². The first kappa shape index (κ1) is 9.15. The third-order valence-electron chi connectivity index (χ3n) is 1.43. The van der Waals surface area contributed by atoms with Crippen molar-refractivity contribution in [3.05, 3.63) is 24.3 Å². The zero-order valence-corrected chi connectivity index (χ0v) is 6.63. The second-order valence-corrected chi connectivity index (χ2v) is 2.44. The average molecular weight is 138 g/mol. The molecule has 1 atom stereocenters. The van der Waals surface area contributed by atoms with E-state index in [1.54, 1.807) is 6.08 Å². The van der Waals surface area contributed by atoms with Crippen LogP contribution < -0.4 is 0 Å². The Kier molecular flexibility index (Phi) is 4.55. The summed E-state index contributed by atoms with van der Waals surface area (Å²) in [6.07, 6.45) is 5.62. The van der Waals surface area contributed by atoms with Crippen LogP contribution in [0.25, 0.3) is 0 Å². The summed E-state index contributed by atoms with van der Waals surface area (Å²) in [7, 11) is 0. The molecule has 0 aliphatic carbocycles. The molecule has 0 bridgehead atoms. The van der Waals surface area contributed by atoms with Crippen molar-refractivity contribution >= 4 is 6.29 Å². The van der Waals surface area contributed by atoms with Gasteiger partial charge in [0.05, 0.1) is 0 Å². The van der Waals surface area contributed by atoms with Crippen LogP contribution in [0, 0.1) is 5.92 Å². The maximum Gasteiger partial charge on any atom is 0.149 e. The van der Waals surface area contributed by atoms with E-state index in [2.05, 4.69) is 20.4 Å². The third-order valence-corrected chi connectivity index (χ3v) is 1.43. The van der Waals surface area contributed by atoms with Gasteiger partial charge in [-0.15, -0.1) is 0 Å². The van der Waals surface area contributed by atoms with Crippen molar-refractivity contribution in [2.75, 3.05) is 0 Å². The van der Waals surface area contributed by atoms with Crippen LogP contribution in [0.5, 0.6) is 0 Å². The van der Waals surface area contributed by atoms with Crippen molar-refractivity contribution in [3.8, 4) is 0 Å². The highest BCUT2D eigenvalue weighted by Crippen LogP contribution is 2.02. The first-order chi connectivity index (χ1) is 4.70. The molecule has 0 saturated carbocycles. The van der Waals surface area contributed by atoms with Gasteiger partial charge in [0, 0.05) is 5.57 Å². The molecule has 1 nitrogen and oxygen atoms in total. The van der Waals surface area contributed by atoms with Gasteiger partial charge < -0.3 is 0 Å². The first-order valence-electron chi connectivity index (χ1n) is 3.53. The van der Waals surface area contributed by atoms with Crippen LogP contribution in [0.3, 0.4) is 0 Å². The zero-order chi connectivity index (χ0) is 7.98. The van der Waals surface area contributed by atoms with Crippen molar-refractivity contribution in [2.24, 2.45) is 5.92 Å². The fourth-order valence-corrected chi connectivity index (χ4v) is 0.463. The lowest BCUT2D eigenvalue weighted by molar-refractivity contribution is -0.104. The average Bonchev–Trinajstić information content (AvgIpc) is 1.99. The second-order valence-electron chi connectivity index (χ2n) is 2.44. The van der Waals surface area contributed by atoms with Crippen LogP contribution in [0.4, 0.5) is 0 Å². The van der Waals surface area contributed by atoms with Crippen molar-refractivity contribution in [1.29, 1.82) is 0 Å². The molecule has 0 N–H and O–H groups in total. The lowest BCUT2D eigenvalue weighted by atomic mass is 10.1. The number of carbonyl (C=O) groups is 1. The van der Waals surface area contributed by atoms with E-state index in [0.717, 1.165) is 12.7 Å². The summed E-state index contributed by atoms with van der Waals surface area (Å²) in [5.74, 6) is 0.539. The largest absolute Gasteiger partial charge is 0.298 e. The van der Waals surface area contributed by atoms with Gasteiger partial charge in [-0.05, 0) is 5.92 Å². The molecular weight excluding hydrogens is 124 g/mol. The Morgan fingerprint density at radius 1 is 1.70 bits per heavy atom. The normalized spacial score (nSPS) is 13.4. The molecule has 1 unspecified atom stereocenters. The van der Waals surface area contributed by atoms with Crippen LogP contribution in [-0.2, 0) is 4.79 Å². The molecule has 56 valence electrons. The lowest BCUT2D eigenvalue weighted by Crippen LogP contribution is -1.85. The molecule has 0 spiro atoms. The van der Waals surface area contributed by atoms with E-state index < -0.39 is 0 Å².